The van der Waals surface area contributed by atoms with Crippen molar-refractivity contribution in [2.24, 2.45) is 0 Å². The van der Waals surface area contributed by atoms with Gasteiger partial charge in [0.15, 0.2) is 0 Å². The summed E-state index contributed by atoms with van der Waals surface area (Å²) in [5.74, 6) is 0. The highest BCUT2D eigenvalue weighted by Gasteiger charge is 2.14. The summed E-state index contributed by atoms with van der Waals surface area (Å²) in [7, 11) is 0. The van der Waals surface area contributed by atoms with E-state index in [0.29, 0.717) is 12.5 Å². The summed E-state index contributed by atoms with van der Waals surface area (Å²) in [6.45, 7) is 6.17. The van der Waals surface area contributed by atoms with Gasteiger partial charge < -0.3 is 9.67 Å². The molecule has 1 heterocycles. The molecule has 0 spiro atoms. The van der Waals surface area contributed by atoms with Crippen molar-refractivity contribution in [1.82, 2.24) is 4.57 Å². The van der Waals surface area contributed by atoms with Gasteiger partial charge in [-0.3, -0.25) is 0 Å². The van der Waals surface area contributed by atoms with Gasteiger partial charge in [-0.05, 0) is 38.5 Å². The molecule has 0 amide bonds. The molecule has 0 radical (unpaired) electrons. The van der Waals surface area contributed by atoms with Crippen LogP contribution >= 0.6 is 15.9 Å². The van der Waals surface area contributed by atoms with Gasteiger partial charge in [-0.15, -0.1) is 0 Å². The van der Waals surface area contributed by atoms with Crippen molar-refractivity contribution >= 4 is 26.8 Å². The monoisotopic (exact) mass is 295 g/mol. The molecular formula is C14H18BrNO. The standard InChI is InChI=1S/C14H18BrNO/c1-9(2)16-8-11(7-10(3)17)14-12(15)5-4-6-13(14)16/h4-6,8-10,17H,7H2,1-3H3. The average molecular weight is 296 g/mol. The lowest BCUT2D eigenvalue weighted by Crippen LogP contribution is -2.04. The molecule has 0 saturated carbocycles. The highest BCUT2D eigenvalue weighted by Crippen LogP contribution is 2.31. The number of aliphatic hydroxyl groups excluding tert-OH is 1. The van der Waals surface area contributed by atoms with E-state index in [4.69, 9.17) is 0 Å². The van der Waals surface area contributed by atoms with Crippen molar-refractivity contribution in [2.45, 2.75) is 39.3 Å². The van der Waals surface area contributed by atoms with Crippen LogP contribution in [0.5, 0.6) is 0 Å². The number of nitrogens with zero attached hydrogens (tertiary/aromatic N) is 1. The van der Waals surface area contributed by atoms with E-state index in [9.17, 15) is 5.11 Å². The van der Waals surface area contributed by atoms with Gasteiger partial charge in [0.05, 0.1) is 6.10 Å². The number of halogens is 1. The summed E-state index contributed by atoms with van der Waals surface area (Å²) in [5, 5.41) is 10.8. The van der Waals surface area contributed by atoms with E-state index in [1.165, 1.54) is 16.5 Å². The Morgan fingerprint density at radius 3 is 2.59 bits per heavy atom. The molecule has 2 rings (SSSR count). The zero-order valence-corrected chi connectivity index (χ0v) is 12.0. The number of hydrogen-bond donors (Lipinski definition) is 1. The molecular weight excluding hydrogens is 278 g/mol. The van der Waals surface area contributed by atoms with Crippen molar-refractivity contribution in [2.75, 3.05) is 0 Å². The molecule has 92 valence electrons. The van der Waals surface area contributed by atoms with Crippen molar-refractivity contribution in [3.05, 3.63) is 34.4 Å². The predicted molar refractivity (Wildman–Crippen MR) is 75.4 cm³/mol. The van der Waals surface area contributed by atoms with Crippen LogP contribution in [0.2, 0.25) is 0 Å². The molecule has 1 aromatic carbocycles. The summed E-state index contributed by atoms with van der Waals surface area (Å²) in [6, 6.07) is 6.66. The zero-order valence-electron chi connectivity index (χ0n) is 10.4. The summed E-state index contributed by atoms with van der Waals surface area (Å²) in [4.78, 5) is 0. The van der Waals surface area contributed by atoms with Gasteiger partial charge in [0.2, 0.25) is 0 Å². The summed E-state index contributed by atoms with van der Waals surface area (Å²) >= 11 is 3.61. The minimum atomic E-state index is -0.312. The fraction of sp³-hybridized carbons (Fsp3) is 0.429. The van der Waals surface area contributed by atoms with Gasteiger partial charge in [0.25, 0.3) is 0 Å². The van der Waals surface area contributed by atoms with E-state index in [0.717, 1.165) is 4.47 Å². The first-order valence-electron chi connectivity index (χ1n) is 5.96. The molecule has 3 heteroatoms. The van der Waals surface area contributed by atoms with Gasteiger partial charge in [-0.25, -0.2) is 0 Å². The third-order valence-electron chi connectivity index (χ3n) is 2.96. The van der Waals surface area contributed by atoms with Crippen LogP contribution in [0, 0.1) is 0 Å². The number of rotatable bonds is 3. The summed E-state index contributed by atoms with van der Waals surface area (Å²) in [5.41, 5.74) is 2.43. The number of aliphatic hydroxyl groups is 1. The molecule has 0 aliphatic heterocycles. The van der Waals surface area contributed by atoms with Crippen LogP contribution in [0.3, 0.4) is 0 Å². The van der Waals surface area contributed by atoms with Gasteiger partial charge >= 0.3 is 0 Å². The van der Waals surface area contributed by atoms with E-state index in [1.807, 2.05) is 6.92 Å². The quantitative estimate of drug-likeness (QED) is 0.912. The molecule has 0 saturated heterocycles. The molecule has 0 bridgehead atoms. The van der Waals surface area contributed by atoms with Crippen molar-refractivity contribution < 1.29 is 5.11 Å². The Hall–Kier alpha value is -0.800. The second-order valence-corrected chi connectivity index (χ2v) is 5.70. The smallest absolute Gasteiger partial charge is 0.0553 e. The molecule has 0 fully saturated rings. The molecule has 1 N–H and O–H groups in total. The molecule has 1 unspecified atom stereocenters. The zero-order chi connectivity index (χ0) is 12.6. The topological polar surface area (TPSA) is 25.2 Å². The highest BCUT2D eigenvalue weighted by molar-refractivity contribution is 9.10. The maximum atomic E-state index is 9.58. The summed E-state index contributed by atoms with van der Waals surface area (Å²) in [6.07, 6.45) is 2.54. The van der Waals surface area contributed by atoms with Crippen LogP contribution in [-0.4, -0.2) is 15.8 Å². The highest BCUT2D eigenvalue weighted by atomic mass is 79.9. The summed E-state index contributed by atoms with van der Waals surface area (Å²) < 4.78 is 3.36. The Bertz CT molecular complexity index is 528. The van der Waals surface area contributed by atoms with Crippen molar-refractivity contribution in [1.29, 1.82) is 0 Å². The van der Waals surface area contributed by atoms with E-state index < -0.39 is 0 Å². The normalized spacial score (nSPS) is 13.5. The van der Waals surface area contributed by atoms with Gasteiger partial charge in [-0.2, -0.15) is 0 Å². The minimum absolute atomic E-state index is 0.312. The van der Waals surface area contributed by atoms with Crippen LogP contribution < -0.4 is 0 Å². The lowest BCUT2D eigenvalue weighted by Gasteiger charge is -2.08. The number of hydrogen-bond acceptors (Lipinski definition) is 1. The van der Waals surface area contributed by atoms with Gasteiger partial charge in [-0.1, -0.05) is 22.0 Å². The second kappa shape index (κ2) is 4.83. The predicted octanol–water partition coefficient (Wildman–Crippen LogP) is 3.91. The molecule has 17 heavy (non-hydrogen) atoms. The first-order valence-corrected chi connectivity index (χ1v) is 6.76. The van der Waals surface area contributed by atoms with Gasteiger partial charge in [0, 0.05) is 34.0 Å². The Balaban J connectivity index is 2.67. The average Bonchev–Trinajstić information content (AvgIpc) is 2.57. The van der Waals surface area contributed by atoms with E-state index >= 15 is 0 Å². The number of aromatic nitrogens is 1. The van der Waals surface area contributed by atoms with E-state index in [1.54, 1.807) is 0 Å². The maximum Gasteiger partial charge on any atom is 0.0553 e. The minimum Gasteiger partial charge on any atom is -0.393 e. The van der Waals surface area contributed by atoms with E-state index in [2.05, 4.69) is 58.7 Å². The number of benzene rings is 1. The fourth-order valence-electron chi connectivity index (χ4n) is 2.25. The fourth-order valence-corrected chi connectivity index (χ4v) is 2.86. The molecule has 2 aromatic rings. The first-order chi connectivity index (χ1) is 8.00. The number of fused-ring (bicyclic) bond motifs is 1. The third-order valence-corrected chi connectivity index (χ3v) is 3.62. The first kappa shape index (κ1) is 12.7. The SMILES string of the molecule is CC(O)Cc1cn(C(C)C)c2cccc(Br)c12. The largest absolute Gasteiger partial charge is 0.393 e. The van der Waals surface area contributed by atoms with Crippen LogP contribution in [0.25, 0.3) is 10.9 Å². The maximum absolute atomic E-state index is 9.58. The Morgan fingerprint density at radius 2 is 2.00 bits per heavy atom. The van der Waals surface area contributed by atoms with Crippen molar-refractivity contribution in [3.8, 4) is 0 Å². The Labute approximate surface area is 110 Å². The Morgan fingerprint density at radius 1 is 1.29 bits per heavy atom. The van der Waals surface area contributed by atoms with Crippen LogP contribution in [0.15, 0.2) is 28.9 Å². The lowest BCUT2D eigenvalue weighted by atomic mass is 10.1. The van der Waals surface area contributed by atoms with E-state index in [-0.39, 0.29) is 6.10 Å². The van der Waals surface area contributed by atoms with Crippen LogP contribution in [0.4, 0.5) is 0 Å². The molecule has 1 atom stereocenters. The molecule has 1 aromatic heterocycles. The van der Waals surface area contributed by atoms with Crippen LogP contribution in [-0.2, 0) is 6.42 Å². The molecule has 2 nitrogen and oxygen atoms in total. The molecule has 0 aliphatic rings. The third kappa shape index (κ3) is 2.40. The lowest BCUT2D eigenvalue weighted by molar-refractivity contribution is 0.196. The second-order valence-electron chi connectivity index (χ2n) is 4.84. The molecule has 0 aliphatic carbocycles. The van der Waals surface area contributed by atoms with Crippen LogP contribution in [0.1, 0.15) is 32.4 Å². The van der Waals surface area contributed by atoms with Crippen molar-refractivity contribution in [3.63, 3.8) is 0 Å². The Kier molecular flexibility index (Phi) is 3.59. The van der Waals surface area contributed by atoms with Gasteiger partial charge in [0.1, 0.15) is 0 Å².